The Morgan fingerprint density at radius 3 is 2.59 bits per heavy atom. The summed E-state index contributed by atoms with van der Waals surface area (Å²) in [5, 5.41) is 0. The Bertz CT molecular complexity index is 313. The van der Waals surface area contributed by atoms with E-state index in [0.29, 0.717) is 5.92 Å². The third kappa shape index (κ3) is 2.99. The first-order valence-corrected chi connectivity index (χ1v) is 6.40. The van der Waals surface area contributed by atoms with Crippen LogP contribution in [-0.2, 0) is 19.1 Å². The average molecular weight is 240 g/mol. The first kappa shape index (κ1) is 12.4. The molecule has 2 aliphatic carbocycles. The van der Waals surface area contributed by atoms with Crippen LogP contribution in [0.2, 0.25) is 0 Å². The van der Waals surface area contributed by atoms with Gasteiger partial charge >= 0.3 is 11.9 Å². The third-order valence-electron chi connectivity index (χ3n) is 3.87. The molecule has 2 saturated carbocycles. The van der Waals surface area contributed by atoms with Crippen molar-refractivity contribution < 1.29 is 19.1 Å². The first-order chi connectivity index (χ1) is 8.06. The second-order valence-corrected chi connectivity index (χ2v) is 5.33. The molecule has 0 N–H and O–H groups in total. The summed E-state index contributed by atoms with van der Waals surface area (Å²) < 4.78 is 10.1. The Morgan fingerprint density at radius 1 is 1.29 bits per heavy atom. The quantitative estimate of drug-likeness (QED) is 0.704. The molecule has 17 heavy (non-hydrogen) atoms. The van der Waals surface area contributed by atoms with Crippen molar-refractivity contribution in [2.45, 2.75) is 45.6 Å². The van der Waals surface area contributed by atoms with Gasteiger partial charge in [0.05, 0.1) is 5.92 Å². The molecule has 0 heterocycles. The van der Waals surface area contributed by atoms with E-state index in [-0.39, 0.29) is 30.6 Å². The summed E-state index contributed by atoms with van der Waals surface area (Å²) >= 11 is 0. The van der Waals surface area contributed by atoms with Crippen molar-refractivity contribution in [1.29, 1.82) is 0 Å². The van der Waals surface area contributed by atoms with E-state index in [1.54, 1.807) is 6.92 Å². The van der Waals surface area contributed by atoms with Crippen molar-refractivity contribution >= 4 is 11.9 Å². The van der Waals surface area contributed by atoms with Crippen molar-refractivity contribution in [3.8, 4) is 0 Å². The molecule has 0 amide bonds. The molecule has 0 spiro atoms. The van der Waals surface area contributed by atoms with E-state index >= 15 is 0 Å². The summed E-state index contributed by atoms with van der Waals surface area (Å²) in [5.74, 6) is 0.933. The maximum absolute atomic E-state index is 11.9. The smallest absolute Gasteiger partial charge is 0.309 e. The lowest BCUT2D eigenvalue weighted by Gasteiger charge is -2.21. The van der Waals surface area contributed by atoms with Gasteiger partial charge in [0, 0.05) is 6.92 Å². The van der Waals surface area contributed by atoms with Crippen molar-refractivity contribution in [2.24, 2.45) is 17.8 Å². The molecule has 4 unspecified atom stereocenters. The normalized spacial score (nSPS) is 32.2. The fourth-order valence-electron chi connectivity index (χ4n) is 3.16. The first-order valence-electron chi connectivity index (χ1n) is 6.40. The highest BCUT2D eigenvalue weighted by atomic mass is 16.6. The molecule has 0 aliphatic heterocycles. The fraction of sp³-hybridized carbons (Fsp3) is 0.846. The van der Waals surface area contributed by atoms with Crippen LogP contribution in [0.15, 0.2) is 0 Å². The molecule has 4 heteroatoms. The van der Waals surface area contributed by atoms with Crippen LogP contribution in [0.1, 0.15) is 39.5 Å². The van der Waals surface area contributed by atoms with Crippen molar-refractivity contribution in [1.82, 2.24) is 0 Å². The number of esters is 2. The van der Waals surface area contributed by atoms with Gasteiger partial charge in [0.2, 0.25) is 0 Å². The molecule has 0 aromatic rings. The van der Waals surface area contributed by atoms with Crippen LogP contribution in [0, 0.1) is 17.8 Å². The van der Waals surface area contributed by atoms with Gasteiger partial charge in [-0.1, -0.05) is 6.42 Å². The lowest BCUT2D eigenvalue weighted by Crippen LogP contribution is -2.27. The van der Waals surface area contributed by atoms with E-state index < -0.39 is 0 Å². The van der Waals surface area contributed by atoms with E-state index in [1.165, 1.54) is 26.2 Å². The van der Waals surface area contributed by atoms with Gasteiger partial charge in [-0.3, -0.25) is 9.59 Å². The zero-order valence-electron chi connectivity index (χ0n) is 10.5. The number of carbonyl (C=O) groups is 2. The second kappa shape index (κ2) is 5.07. The summed E-state index contributed by atoms with van der Waals surface area (Å²) in [5.41, 5.74) is 0. The number of carbonyl (C=O) groups excluding carboxylic acids is 2. The number of ether oxygens (including phenoxy) is 2. The van der Waals surface area contributed by atoms with E-state index in [1.807, 2.05) is 0 Å². The zero-order valence-corrected chi connectivity index (χ0v) is 10.5. The molecular formula is C13H20O4. The highest BCUT2D eigenvalue weighted by molar-refractivity contribution is 5.73. The summed E-state index contributed by atoms with van der Waals surface area (Å²) in [7, 11) is 0. The minimum absolute atomic E-state index is 0.0956. The van der Waals surface area contributed by atoms with Gasteiger partial charge < -0.3 is 9.47 Å². The fourth-order valence-corrected chi connectivity index (χ4v) is 3.16. The molecule has 4 atom stereocenters. The molecule has 96 valence electrons. The Hall–Kier alpha value is -1.06. The molecule has 0 radical (unpaired) electrons. The molecular weight excluding hydrogens is 220 g/mol. The average Bonchev–Trinajstić information content (AvgIpc) is 2.86. The van der Waals surface area contributed by atoms with E-state index in [2.05, 4.69) is 0 Å². The number of hydrogen-bond donors (Lipinski definition) is 0. The predicted octanol–water partition coefficient (Wildman–Crippen LogP) is 1.92. The lowest BCUT2D eigenvalue weighted by molar-refractivity contribution is -0.160. The van der Waals surface area contributed by atoms with Crippen LogP contribution >= 0.6 is 0 Å². The summed E-state index contributed by atoms with van der Waals surface area (Å²) in [6, 6.07) is 0. The summed E-state index contributed by atoms with van der Waals surface area (Å²) in [4.78, 5) is 22.6. The van der Waals surface area contributed by atoms with Crippen LogP contribution in [0.4, 0.5) is 0 Å². The predicted molar refractivity (Wildman–Crippen MR) is 61.1 cm³/mol. The van der Waals surface area contributed by atoms with Crippen LogP contribution in [0.25, 0.3) is 0 Å². The van der Waals surface area contributed by atoms with Crippen molar-refractivity contribution in [2.75, 3.05) is 6.61 Å². The van der Waals surface area contributed by atoms with Crippen LogP contribution < -0.4 is 0 Å². The number of rotatable bonds is 4. The summed E-state index contributed by atoms with van der Waals surface area (Å²) in [6.07, 6.45) is 4.28. The van der Waals surface area contributed by atoms with Gasteiger partial charge in [-0.15, -0.1) is 0 Å². The van der Waals surface area contributed by atoms with Crippen molar-refractivity contribution in [3.05, 3.63) is 0 Å². The molecule has 4 nitrogen and oxygen atoms in total. The Morgan fingerprint density at radius 2 is 2.06 bits per heavy atom. The minimum atomic E-state index is -0.352. The third-order valence-corrected chi connectivity index (χ3v) is 3.87. The standard InChI is InChI=1S/C13H20O4/c1-8(17-9(2)14)7-16-13(15)12-6-10-3-4-11(12)5-10/h8,10-12H,3-7H2,1-2H3. The van der Waals surface area contributed by atoms with Gasteiger partial charge in [-0.05, 0) is 38.0 Å². The Labute approximate surface area is 102 Å². The second-order valence-electron chi connectivity index (χ2n) is 5.33. The van der Waals surface area contributed by atoms with Gasteiger partial charge in [0.1, 0.15) is 12.7 Å². The maximum atomic E-state index is 11.9. The van der Waals surface area contributed by atoms with E-state index in [0.717, 1.165) is 12.3 Å². The van der Waals surface area contributed by atoms with Crippen molar-refractivity contribution in [3.63, 3.8) is 0 Å². The Balaban J connectivity index is 1.72. The molecule has 0 aromatic heterocycles. The minimum Gasteiger partial charge on any atom is -0.462 e. The van der Waals surface area contributed by atoms with Crippen LogP contribution in [0.5, 0.6) is 0 Å². The van der Waals surface area contributed by atoms with Gasteiger partial charge in [0.15, 0.2) is 0 Å². The van der Waals surface area contributed by atoms with E-state index in [4.69, 9.17) is 9.47 Å². The maximum Gasteiger partial charge on any atom is 0.309 e. The van der Waals surface area contributed by atoms with Crippen LogP contribution in [0.3, 0.4) is 0 Å². The van der Waals surface area contributed by atoms with Gasteiger partial charge in [-0.25, -0.2) is 0 Å². The topological polar surface area (TPSA) is 52.6 Å². The molecule has 2 bridgehead atoms. The highest BCUT2D eigenvalue weighted by Crippen LogP contribution is 2.48. The highest BCUT2D eigenvalue weighted by Gasteiger charge is 2.43. The molecule has 2 fully saturated rings. The Kier molecular flexibility index (Phi) is 3.69. The van der Waals surface area contributed by atoms with E-state index in [9.17, 15) is 9.59 Å². The van der Waals surface area contributed by atoms with Crippen LogP contribution in [-0.4, -0.2) is 24.6 Å². The molecule has 2 rings (SSSR count). The zero-order chi connectivity index (χ0) is 12.4. The SMILES string of the molecule is CC(=O)OC(C)COC(=O)C1CC2CCC1C2. The van der Waals surface area contributed by atoms with Gasteiger partial charge in [-0.2, -0.15) is 0 Å². The molecule has 0 saturated heterocycles. The number of hydrogen-bond acceptors (Lipinski definition) is 4. The largest absolute Gasteiger partial charge is 0.462 e. The van der Waals surface area contributed by atoms with Gasteiger partial charge in [0.25, 0.3) is 0 Å². The lowest BCUT2D eigenvalue weighted by atomic mass is 9.89. The molecule has 2 aliphatic rings. The summed E-state index contributed by atoms with van der Waals surface area (Å²) in [6.45, 7) is 3.26. The monoisotopic (exact) mass is 240 g/mol. The molecule has 0 aromatic carbocycles. The number of fused-ring (bicyclic) bond motifs is 2.